The molecule has 0 unspecified atom stereocenters. The summed E-state index contributed by atoms with van der Waals surface area (Å²) in [5.74, 6) is -1.13. The topological polar surface area (TPSA) is 97.7 Å². The summed E-state index contributed by atoms with van der Waals surface area (Å²) in [6.07, 6.45) is -0.0433. The van der Waals surface area contributed by atoms with Gasteiger partial charge in [0, 0.05) is 49.7 Å². The number of urea groups is 1. The van der Waals surface area contributed by atoms with Gasteiger partial charge in [0.05, 0.1) is 29.8 Å². The largest absolute Gasteiger partial charge is 0.380 e. The van der Waals surface area contributed by atoms with E-state index in [4.69, 9.17) is 21.1 Å². The fourth-order valence-corrected chi connectivity index (χ4v) is 4.27. The Bertz CT molecular complexity index is 1250. The van der Waals surface area contributed by atoms with Crippen LogP contribution >= 0.6 is 11.6 Å². The van der Waals surface area contributed by atoms with E-state index >= 15 is 0 Å². The summed E-state index contributed by atoms with van der Waals surface area (Å²) in [5, 5.41) is 10.3. The fourth-order valence-electron chi connectivity index (χ4n) is 4.14. The number of hydrogen-bond donors (Lipinski definition) is 2. The zero-order chi connectivity index (χ0) is 25.8. The number of anilines is 2. The van der Waals surface area contributed by atoms with Gasteiger partial charge in [-0.25, -0.2) is 13.9 Å². The molecule has 36 heavy (non-hydrogen) atoms. The summed E-state index contributed by atoms with van der Waals surface area (Å²) in [7, 11) is 3.10. The molecule has 1 aliphatic heterocycles. The number of methoxy groups -OCH3 is 2. The van der Waals surface area contributed by atoms with E-state index in [0.29, 0.717) is 23.0 Å². The summed E-state index contributed by atoms with van der Waals surface area (Å²) in [6.45, 7) is 2.42. The minimum atomic E-state index is -0.841. The second kappa shape index (κ2) is 11.1. The van der Waals surface area contributed by atoms with Gasteiger partial charge in [0.25, 0.3) is 0 Å². The smallest absolute Gasteiger partial charge is 0.322 e. The Labute approximate surface area is 213 Å². The molecular weight excluding hydrogens is 489 g/mol. The van der Waals surface area contributed by atoms with E-state index < -0.39 is 23.8 Å². The molecule has 2 heterocycles. The number of hydrogen-bond acceptors (Lipinski definition) is 5. The van der Waals surface area contributed by atoms with Gasteiger partial charge in [-0.15, -0.1) is 0 Å². The maximum Gasteiger partial charge on any atom is 0.322 e. The molecule has 1 aliphatic rings. The average molecular weight is 516 g/mol. The van der Waals surface area contributed by atoms with E-state index in [0.717, 1.165) is 11.4 Å². The number of halogens is 2. The van der Waals surface area contributed by atoms with E-state index in [2.05, 4.69) is 15.7 Å². The van der Waals surface area contributed by atoms with Crippen molar-refractivity contribution in [2.75, 3.05) is 31.4 Å². The number of nitrogens with one attached hydrogen (secondary N) is 2. The fraction of sp³-hybridized carbons (Fsp3) is 0.320. The molecule has 2 aromatic carbocycles. The molecule has 1 aromatic heterocycles. The predicted molar refractivity (Wildman–Crippen MR) is 134 cm³/mol. The maximum absolute atomic E-state index is 15.0. The zero-order valence-corrected chi connectivity index (χ0v) is 20.9. The molecule has 3 aromatic rings. The first-order valence-electron chi connectivity index (χ1n) is 11.3. The lowest BCUT2D eigenvalue weighted by Gasteiger charge is -2.24. The summed E-state index contributed by atoms with van der Waals surface area (Å²) in [6, 6.07) is 11.6. The van der Waals surface area contributed by atoms with Crippen molar-refractivity contribution >= 4 is 34.9 Å². The Balaban J connectivity index is 1.48. The Morgan fingerprint density at radius 2 is 1.89 bits per heavy atom. The molecule has 190 valence electrons. The lowest BCUT2D eigenvalue weighted by molar-refractivity contribution is -0.119. The number of carbonyl (C=O) groups excluding carboxylic acids is 2. The van der Waals surface area contributed by atoms with Crippen LogP contribution in [0.2, 0.25) is 5.02 Å². The predicted octanol–water partition coefficient (Wildman–Crippen LogP) is 4.38. The van der Waals surface area contributed by atoms with Crippen LogP contribution in [-0.2, 0) is 20.9 Å². The van der Waals surface area contributed by atoms with Gasteiger partial charge < -0.3 is 25.0 Å². The van der Waals surface area contributed by atoms with Crippen LogP contribution in [0.3, 0.4) is 0 Å². The molecular formula is C25H27ClFN5O4. The van der Waals surface area contributed by atoms with Crippen LogP contribution in [-0.4, -0.2) is 59.5 Å². The third-order valence-corrected chi connectivity index (χ3v) is 6.19. The van der Waals surface area contributed by atoms with E-state index in [1.165, 1.54) is 24.1 Å². The second-order valence-corrected chi connectivity index (χ2v) is 8.91. The molecule has 0 aliphatic carbocycles. The number of benzene rings is 2. The van der Waals surface area contributed by atoms with Gasteiger partial charge >= 0.3 is 6.03 Å². The molecule has 1 saturated heterocycles. The highest BCUT2D eigenvalue weighted by molar-refractivity contribution is 6.30. The zero-order valence-electron chi connectivity index (χ0n) is 20.1. The lowest BCUT2D eigenvalue weighted by Crippen LogP contribution is -2.45. The molecule has 11 heteroatoms. The molecule has 1 fully saturated rings. The van der Waals surface area contributed by atoms with Crippen LogP contribution < -0.4 is 10.6 Å². The van der Waals surface area contributed by atoms with Gasteiger partial charge in [0.15, 0.2) is 0 Å². The molecule has 9 nitrogen and oxygen atoms in total. The average Bonchev–Trinajstić information content (AvgIpc) is 3.46. The van der Waals surface area contributed by atoms with Crippen molar-refractivity contribution in [2.24, 2.45) is 0 Å². The minimum absolute atomic E-state index is 0.00426. The number of aryl methyl sites for hydroxylation is 1. The molecule has 0 radical (unpaired) electrons. The van der Waals surface area contributed by atoms with E-state index in [-0.39, 0.29) is 24.8 Å². The monoisotopic (exact) mass is 515 g/mol. The van der Waals surface area contributed by atoms with E-state index in [1.54, 1.807) is 42.1 Å². The normalized spacial score (nSPS) is 17.3. The first-order valence-corrected chi connectivity index (χ1v) is 11.7. The molecule has 0 bridgehead atoms. The van der Waals surface area contributed by atoms with Crippen molar-refractivity contribution in [3.8, 4) is 5.69 Å². The number of amides is 3. The molecule has 0 spiro atoms. The number of aromatic nitrogens is 2. The van der Waals surface area contributed by atoms with Crippen molar-refractivity contribution < 1.29 is 23.5 Å². The first-order chi connectivity index (χ1) is 17.3. The van der Waals surface area contributed by atoms with Crippen LogP contribution in [0.1, 0.15) is 17.8 Å². The van der Waals surface area contributed by atoms with Crippen molar-refractivity contribution in [3.05, 3.63) is 70.8 Å². The Hall–Kier alpha value is -3.47. The molecule has 0 saturated carbocycles. The highest BCUT2D eigenvalue weighted by Gasteiger charge is 2.40. The highest BCUT2D eigenvalue weighted by Crippen LogP contribution is 2.25. The Morgan fingerprint density at radius 3 is 2.56 bits per heavy atom. The van der Waals surface area contributed by atoms with Crippen LogP contribution in [0.5, 0.6) is 0 Å². The quantitative estimate of drug-likeness (QED) is 0.486. The number of ether oxygens (including phenoxy) is 2. The Kier molecular flexibility index (Phi) is 7.88. The SMILES string of the molecule is COCc1cc(C)n(-c2ccc(NC(=O)[C@H]3C[C@@H](OC)CN3C(=O)Nc3ccc(Cl)cc3)c(F)c2)n1. The first kappa shape index (κ1) is 25.6. The van der Waals surface area contributed by atoms with Gasteiger partial charge in [0.1, 0.15) is 11.9 Å². The van der Waals surface area contributed by atoms with E-state index in [9.17, 15) is 14.0 Å². The lowest BCUT2D eigenvalue weighted by atomic mass is 10.1. The van der Waals surface area contributed by atoms with Crippen molar-refractivity contribution in [1.29, 1.82) is 0 Å². The van der Waals surface area contributed by atoms with Crippen LogP contribution in [0.25, 0.3) is 5.69 Å². The van der Waals surface area contributed by atoms with Gasteiger partial charge in [-0.05, 0) is 49.4 Å². The van der Waals surface area contributed by atoms with Crippen LogP contribution in [0.15, 0.2) is 48.5 Å². The van der Waals surface area contributed by atoms with Crippen LogP contribution in [0, 0.1) is 12.7 Å². The maximum atomic E-state index is 15.0. The number of likely N-dealkylation sites (tertiary alicyclic amines) is 1. The standard InChI is InChI=1S/C25H27ClFN5O4/c1-15-10-18(14-35-2)30-32(15)19-8-9-22(21(27)11-19)29-24(33)23-12-20(36-3)13-31(23)25(34)28-17-6-4-16(26)5-7-17/h4-11,20,23H,12-14H2,1-3H3,(H,28,34)(H,29,33)/t20-,23-/m1/s1. The van der Waals surface area contributed by atoms with Crippen molar-refractivity contribution in [3.63, 3.8) is 0 Å². The van der Waals surface area contributed by atoms with Crippen molar-refractivity contribution in [2.45, 2.75) is 32.1 Å². The second-order valence-electron chi connectivity index (χ2n) is 8.47. The molecule has 3 amide bonds. The minimum Gasteiger partial charge on any atom is -0.380 e. The van der Waals surface area contributed by atoms with Gasteiger partial charge in [0.2, 0.25) is 5.91 Å². The Morgan fingerprint density at radius 1 is 1.14 bits per heavy atom. The third-order valence-electron chi connectivity index (χ3n) is 5.94. The number of rotatable bonds is 7. The summed E-state index contributed by atoms with van der Waals surface area (Å²) >= 11 is 5.90. The van der Waals surface area contributed by atoms with Crippen molar-refractivity contribution in [1.82, 2.24) is 14.7 Å². The molecule has 4 rings (SSSR count). The third kappa shape index (κ3) is 5.67. The molecule has 2 N–H and O–H groups in total. The summed E-state index contributed by atoms with van der Waals surface area (Å²) < 4.78 is 27.1. The summed E-state index contributed by atoms with van der Waals surface area (Å²) in [4.78, 5) is 27.4. The summed E-state index contributed by atoms with van der Waals surface area (Å²) in [5.41, 5.74) is 2.59. The molecule has 2 atom stereocenters. The number of carbonyl (C=O) groups is 2. The van der Waals surface area contributed by atoms with Crippen LogP contribution in [0.4, 0.5) is 20.6 Å². The van der Waals surface area contributed by atoms with Gasteiger partial charge in [-0.2, -0.15) is 5.10 Å². The van der Waals surface area contributed by atoms with Gasteiger partial charge in [-0.3, -0.25) is 4.79 Å². The highest BCUT2D eigenvalue weighted by atomic mass is 35.5. The number of nitrogens with zero attached hydrogens (tertiary/aromatic N) is 3. The van der Waals surface area contributed by atoms with Gasteiger partial charge in [-0.1, -0.05) is 11.6 Å². The van der Waals surface area contributed by atoms with E-state index in [1.807, 2.05) is 13.0 Å².